The van der Waals surface area contributed by atoms with Crippen LogP contribution < -0.4 is 10.1 Å². The molecular formula is C17H24ClN3O2. The number of halogens is 1. The van der Waals surface area contributed by atoms with Gasteiger partial charge < -0.3 is 14.6 Å². The van der Waals surface area contributed by atoms with Gasteiger partial charge in [0.05, 0.1) is 7.11 Å². The summed E-state index contributed by atoms with van der Waals surface area (Å²) in [5, 5.41) is 7.56. The van der Waals surface area contributed by atoms with Crippen LogP contribution in [0.2, 0.25) is 0 Å². The molecule has 5 nitrogen and oxygen atoms in total. The van der Waals surface area contributed by atoms with Gasteiger partial charge in [-0.1, -0.05) is 12.1 Å². The lowest BCUT2D eigenvalue weighted by atomic mass is 9.85. The van der Waals surface area contributed by atoms with E-state index in [1.54, 1.807) is 7.11 Å². The monoisotopic (exact) mass is 337 g/mol. The number of methoxy groups -OCH3 is 1. The van der Waals surface area contributed by atoms with Crippen LogP contribution in [0.1, 0.15) is 25.7 Å². The number of rotatable bonds is 5. The molecular weight excluding hydrogens is 314 g/mol. The molecule has 1 saturated heterocycles. The SMILES string of the molecule is COc1ccc(-c2noc(CC(C)C3CCCNC3)n2)cc1.Cl. The zero-order valence-corrected chi connectivity index (χ0v) is 14.4. The van der Waals surface area contributed by atoms with E-state index in [9.17, 15) is 0 Å². The van der Waals surface area contributed by atoms with E-state index in [1.165, 1.54) is 12.8 Å². The summed E-state index contributed by atoms with van der Waals surface area (Å²) < 4.78 is 10.6. The first-order chi connectivity index (χ1) is 10.8. The number of nitrogens with one attached hydrogen (secondary N) is 1. The molecule has 0 bridgehead atoms. The summed E-state index contributed by atoms with van der Waals surface area (Å²) in [6.45, 7) is 4.51. The second-order valence-electron chi connectivity index (χ2n) is 6.03. The minimum atomic E-state index is 0. The third kappa shape index (κ3) is 4.45. The molecule has 0 amide bonds. The van der Waals surface area contributed by atoms with Crippen molar-refractivity contribution >= 4 is 12.4 Å². The summed E-state index contributed by atoms with van der Waals surface area (Å²) in [5.41, 5.74) is 0.947. The standard InChI is InChI=1S/C17H23N3O2.ClH/c1-12(14-4-3-9-18-11-14)10-16-19-17(20-22-16)13-5-7-15(21-2)8-6-13;/h5-8,12,14,18H,3-4,9-11H2,1-2H3;1H. The van der Waals surface area contributed by atoms with Gasteiger partial charge in [-0.05, 0) is 62.0 Å². The summed E-state index contributed by atoms with van der Waals surface area (Å²) in [7, 11) is 1.66. The minimum absolute atomic E-state index is 0. The Labute approximate surface area is 143 Å². The van der Waals surface area contributed by atoms with Crippen molar-refractivity contribution in [2.45, 2.75) is 26.2 Å². The summed E-state index contributed by atoms with van der Waals surface area (Å²) in [5.74, 6) is 3.45. The molecule has 126 valence electrons. The second kappa shape index (κ2) is 8.31. The number of ether oxygens (including phenoxy) is 1. The van der Waals surface area contributed by atoms with Crippen molar-refractivity contribution in [1.82, 2.24) is 15.5 Å². The van der Waals surface area contributed by atoms with E-state index in [-0.39, 0.29) is 12.4 Å². The van der Waals surface area contributed by atoms with Crippen molar-refractivity contribution in [2.75, 3.05) is 20.2 Å². The van der Waals surface area contributed by atoms with Crippen LogP contribution in [0.15, 0.2) is 28.8 Å². The van der Waals surface area contributed by atoms with Gasteiger partial charge in [0.15, 0.2) is 0 Å². The molecule has 1 aromatic carbocycles. The summed E-state index contributed by atoms with van der Waals surface area (Å²) in [6, 6.07) is 7.70. The molecule has 0 radical (unpaired) electrons. The summed E-state index contributed by atoms with van der Waals surface area (Å²) in [6.07, 6.45) is 3.39. The highest BCUT2D eigenvalue weighted by Gasteiger charge is 2.22. The molecule has 6 heteroatoms. The van der Waals surface area contributed by atoms with Crippen LogP contribution in [0.25, 0.3) is 11.4 Å². The molecule has 23 heavy (non-hydrogen) atoms. The highest BCUT2D eigenvalue weighted by molar-refractivity contribution is 5.85. The highest BCUT2D eigenvalue weighted by atomic mass is 35.5. The van der Waals surface area contributed by atoms with Gasteiger partial charge in [0.2, 0.25) is 11.7 Å². The van der Waals surface area contributed by atoms with Crippen LogP contribution in [-0.2, 0) is 6.42 Å². The van der Waals surface area contributed by atoms with Crippen LogP contribution in [0.5, 0.6) is 5.75 Å². The molecule has 2 atom stereocenters. The van der Waals surface area contributed by atoms with Crippen molar-refractivity contribution in [2.24, 2.45) is 11.8 Å². The summed E-state index contributed by atoms with van der Waals surface area (Å²) >= 11 is 0. The van der Waals surface area contributed by atoms with Gasteiger partial charge >= 0.3 is 0 Å². The Kier molecular flexibility index (Phi) is 6.42. The maximum Gasteiger partial charge on any atom is 0.227 e. The summed E-state index contributed by atoms with van der Waals surface area (Å²) in [4.78, 5) is 4.53. The van der Waals surface area contributed by atoms with E-state index in [0.29, 0.717) is 17.7 Å². The van der Waals surface area contributed by atoms with Crippen LogP contribution in [0.4, 0.5) is 0 Å². The van der Waals surface area contributed by atoms with Gasteiger partial charge in [0, 0.05) is 12.0 Å². The first kappa shape index (κ1) is 17.8. The first-order valence-electron chi connectivity index (χ1n) is 7.94. The third-order valence-corrected chi connectivity index (χ3v) is 4.45. The van der Waals surface area contributed by atoms with Gasteiger partial charge in [0.1, 0.15) is 5.75 Å². The average Bonchev–Trinajstić information content (AvgIpc) is 3.04. The average molecular weight is 338 g/mol. The number of hydrogen-bond donors (Lipinski definition) is 1. The van der Waals surface area contributed by atoms with E-state index >= 15 is 0 Å². The lowest BCUT2D eigenvalue weighted by Crippen LogP contribution is -2.33. The molecule has 0 spiro atoms. The van der Waals surface area contributed by atoms with Gasteiger partial charge in [-0.25, -0.2) is 0 Å². The van der Waals surface area contributed by atoms with E-state index < -0.39 is 0 Å². The molecule has 2 aromatic rings. The van der Waals surface area contributed by atoms with E-state index in [0.717, 1.165) is 36.7 Å². The second-order valence-corrected chi connectivity index (χ2v) is 6.03. The van der Waals surface area contributed by atoms with Crippen molar-refractivity contribution in [3.8, 4) is 17.1 Å². The number of aromatic nitrogens is 2. The van der Waals surface area contributed by atoms with Gasteiger partial charge in [-0.15, -0.1) is 12.4 Å². The van der Waals surface area contributed by atoms with Crippen molar-refractivity contribution < 1.29 is 9.26 Å². The zero-order chi connectivity index (χ0) is 15.4. The van der Waals surface area contributed by atoms with E-state index in [1.807, 2.05) is 24.3 Å². The van der Waals surface area contributed by atoms with Crippen LogP contribution in [0.3, 0.4) is 0 Å². The Morgan fingerprint density at radius 2 is 2.13 bits per heavy atom. The predicted molar refractivity (Wildman–Crippen MR) is 92.0 cm³/mol. The maximum atomic E-state index is 5.42. The number of piperidine rings is 1. The lowest BCUT2D eigenvalue weighted by Gasteiger charge is -2.27. The number of hydrogen-bond acceptors (Lipinski definition) is 5. The van der Waals surface area contributed by atoms with Crippen LogP contribution in [-0.4, -0.2) is 30.3 Å². The van der Waals surface area contributed by atoms with Crippen LogP contribution in [0, 0.1) is 11.8 Å². The molecule has 2 heterocycles. The third-order valence-electron chi connectivity index (χ3n) is 4.45. The molecule has 2 unspecified atom stereocenters. The quantitative estimate of drug-likeness (QED) is 0.906. The molecule has 1 N–H and O–H groups in total. The van der Waals surface area contributed by atoms with Crippen molar-refractivity contribution in [1.29, 1.82) is 0 Å². The minimum Gasteiger partial charge on any atom is -0.497 e. The Morgan fingerprint density at radius 3 is 2.78 bits per heavy atom. The molecule has 0 saturated carbocycles. The molecule has 1 aliphatic heterocycles. The first-order valence-corrected chi connectivity index (χ1v) is 7.94. The van der Waals surface area contributed by atoms with Crippen molar-refractivity contribution in [3.63, 3.8) is 0 Å². The normalized spacial score (nSPS) is 19.0. The fraction of sp³-hybridized carbons (Fsp3) is 0.529. The fourth-order valence-corrected chi connectivity index (χ4v) is 3.00. The largest absolute Gasteiger partial charge is 0.497 e. The highest BCUT2D eigenvalue weighted by Crippen LogP contribution is 2.24. The van der Waals surface area contributed by atoms with E-state index in [2.05, 4.69) is 22.4 Å². The number of nitrogens with zero attached hydrogens (tertiary/aromatic N) is 2. The fourth-order valence-electron chi connectivity index (χ4n) is 3.00. The lowest BCUT2D eigenvalue weighted by molar-refractivity contribution is 0.257. The molecule has 1 aromatic heterocycles. The number of benzene rings is 1. The Morgan fingerprint density at radius 1 is 1.35 bits per heavy atom. The smallest absolute Gasteiger partial charge is 0.227 e. The predicted octanol–water partition coefficient (Wildman–Crippen LogP) is 3.35. The molecule has 0 aliphatic carbocycles. The Hall–Kier alpha value is -1.59. The maximum absolute atomic E-state index is 5.42. The topological polar surface area (TPSA) is 60.2 Å². The van der Waals surface area contributed by atoms with Crippen molar-refractivity contribution in [3.05, 3.63) is 30.2 Å². The zero-order valence-electron chi connectivity index (χ0n) is 13.6. The van der Waals surface area contributed by atoms with Crippen LogP contribution >= 0.6 is 12.4 Å². The molecule has 3 rings (SSSR count). The van der Waals surface area contributed by atoms with E-state index in [4.69, 9.17) is 9.26 Å². The Balaban J connectivity index is 0.00000192. The molecule has 1 fully saturated rings. The van der Waals surface area contributed by atoms with Gasteiger partial charge in [-0.2, -0.15) is 4.98 Å². The Bertz CT molecular complexity index is 594. The van der Waals surface area contributed by atoms with Gasteiger partial charge in [0.25, 0.3) is 0 Å². The van der Waals surface area contributed by atoms with Gasteiger partial charge in [-0.3, -0.25) is 0 Å². The molecule has 1 aliphatic rings.